The third-order valence-electron chi connectivity index (χ3n) is 9.07. The molecule has 0 bridgehead atoms. The number of nitrogens with zero attached hydrogens (tertiary/aromatic N) is 7. The van der Waals surface area contributed by atoms with Gasteiger partial charge in [0.05, 0.1) is 43.2 Å². The molecule has 2 aliphatic heterocycles. The summed E-state index contributed by atoms with van der Waals surface area (Å²) >= 11 is 0. The van der Waals surface area contributed by atoms with Crippen molar-refractivity contribution in [2.45, 2.75) is 65.3 Å². The van der Waals surface area contributed by atoms with Gasteiger partial charge in [0.2, 0.25) is 0 Å². The van der Waals surface area contributed by atoms with Gasteiger partial charge in [-0.05, 0) is 81.3 Å². The number of aryl methyl sites for hydroxylation is 2. The van der Waals surface area contributed by atoms with E-state index in [0.29, 0.717) is 49.0 Å². The number of aromatic hydroxyl groups is 1. The zero-order valence-electron chi connectivity index (χ0n) is 29.8. The molecule has 3 aliphatic rings. The molecule has 4 heterocycles. The number of β-amino-alcohol motifs (C(OH)–C–C–N with tert-alkyl or cyclic N) is 2. The molecule has 50 heavy (non-hydrogen) atoms. The minimum absolute atomic E-state index is 0. The number of carbonyl (C=O) groups excluding carboxylic acids is 1. The normalized spacial score (nSPS) is 18.7. The van der Waals surface area contributed by atoms with Crippen LogP contribution in [0.5, 0.6) is 11.8 Å². The summed E-state index contributed by atoms with van der Waals surface area (Å²) in [5.41, 5.74) is 9.98. The van der Waals surface area contributed by atoms with Crippen molar-refractivity contribution in [3.8, 4) is 11.8 Å². The molecule has 2 unspecified atom stereocenters. The number of amides is 1. The topological polar surface area (TPSA) is 164 Å². The van der Waals surface area contributed by atoms with Crippen molar-refractivity contribution in [2.24, 2.45) is 12.5 Å². The number of aromatic nitrogens is 4. The van der Waals surface area contributed by atoms with Crippen LogP contribution in [0, 0.1) is 12.3 Å². The smallest absolute Gasteiger partial charge is 0.318 e. The fourth-order valence-corrected chi connectivity index (χ4v) is 6.63. The number of benzene rings is 2. The summed E-state index contributed by atoms with van der Waals surface area (Å²) in [4.78, 5) is 29.2. The molecule has 0 spiro atoms. The quantitative estimate of drug-likeness (QED) is 0.240. The zero-order valence-corrected chi connectivity index (χ0v) is 32.7. The predicted molar refractivity (Wildman–Crippen MR) is 189 cm³/mol. The van der Waals surface area contributed by atoms with Crippen LogP contribution in [0.3, 0.4) is 0 Å². The van der Waals surface area contributed by atoms with E-state index in [1.165, 1.54) is 10.7 Å². The van der Waals surface area contributed by atoms with E-state index in [-0.39, 0.29) is 57.2 Å². The van der Waals surface area contributed by atoms with Crippen molar-refractivity contribution >= 4 is 28.3 Å². The molecule has 2 aromatic heterocycles. The molecule has 270 valence electrons. The summed E-state index contributed by atoms with van der Waals surface area (Å²) in [7, 11) is 5.85. The number of hydrogen-bond donors (Lipinski definition) is 3. The largest absolute Gasteiger partial charge is 0.508 e. The molecule has 7 rings (SSSR count). The molecule has 4 aromatic rings. The average Bonchev–Trinajstić information content (AvgIpc) is 3.50. The maximum absolute atomic E-state index is 13.9. The van der Waals surface area contributed by atoms with E-state index in [4.69, 9.17) is 20.4 Å². The van der Waals surface area contributed by atoms with Crippen molar-refractivity contribution in [1.29, 1.82) is 0 Å². The number of carbonyl (C=O) groups is 1. The molecule has 1 amide bonds. The minimum atomic E-state index is -0.686. The van der Waals surface area contributed by atoms with Crippen LogP contribution in [0.2, 0.25) is 0 Å². The van der Waals surface area contributed by atoms with Gasteiger partial charge in [0, 0.05) is 64.3 Å². The van der Waals surface area contributed by atoms with E-state index in [9.17, 15) is 20.1 Å². The van der Waals surface area contributed by atoms with Gasteiger partial charge in [0.15, 0.2) is 0 Å². The van der Waals surface area contributed by atoms with Gasteiger partial charge in [0.25, 0.3) is 5.91 Å². The number of anilines is 1. The predicted octanol–water partition coefficient (Wildman–Crippen LogP) is 4.58. The van der Waals surface area contributed by atoms with Crippen LogP contribution in [0.15, 0.2) is 42.6 Å². The summed E-state index contributed by atoms with van der Waals surface area (Å²) in [6.07, 6.45) is 2.72. The molecule has 4 N–H and O–H groups in total. The molecule has 1 aliphatic carbocycles. The number of nitrogens with one attached hydrogen (secondary N) is 1. The van der Waals surface area contributed by atoms with Crippen LogP contribution in [-0.2, 0) is 41.2 Å². The summed E-state index contributed by atoms with van der Waals surface area (Å²) in [5.74, 6) is 0.864. The Labute approximate surface area is 308 Å². The third-order valence-corrected chi connectivity index (χ3v) is 9.07. The molecule has 13 nitrogen and oxygen atoms in total. The van der Waals surface area contributed by atoms with Crippen LogP contribution >= 0.6 is 0 Å². The Morgan fingerprint density at radius 2 is 1.78 bits per heavy atom. The average molecular weight is 858 g/mol. The molecule has 1 saturated carbocycles. The fourth-order valence-electron chi connectivity index (χ4n) is 6.63. The number of ether oxygens (including phenoxy) is 1. The number of phenols is 1. The number of fused-ring (bicyclic) bond motifs is 2. The van der Waals surface area contributed by atoms with Crippen molar-refractivity contribution < 1.29 is 45.9 Å². The first-order valence-corrected chi connectivity index (χ1v) is 16.9. The van der Waals surface area contributed by atoms with Gasteiger partial charge in [-0.2, -0.15) is 9.97 Å². The van der Waals surface area contributed by atoms with Crippen molar-refractivity contribution in [1.82, 2.24) is 29.5 Å². The van der Waals surface area contributed by atoms with Gasteiger partial charge < -0.3 is 45.2 Å². The summed E-state index contributed by atoms with van der Waals surface area (Å²) in [5, 5.41) is 36.6. The van der Waals surface area contributed by atoms with Crippen molar-refractivity contribution in [2.75, 3.05) is 45.2 Å². The van der Waals surface area contributed by atoms with E-state index >= 15 is 0 Å². The fraction of sp³-hybridized carbons (Fsp3) is 0.500. The van der Waals surface area contributed by atoms with E-state index in [1.54, 1.807) is 30.3 Å². The van der Waals surface area contributed by atoms with E-state index in [0.717, 1.165) is 41.3 Å². The Morgan fingerprint density at radius 1 is 1.08 bits per heavy atom. The Kier molecular flexibility index (Phi) is 12.9. The van der Waals surface area contributed by atoms with Gasteiger partial charge in [-0.3, -0.25) is 9.89 Å². The monoisotopic (exact) mass is 857 g/mol. The van der Waals surface area contributed by atoms with Gasteiger partial charge in [-0.1, -0.05) is 32.0 Å². The second kappa shape index (κ2) is 16.5. The second-order valence-electron chi connectivity index (χ2n) is 13.4. The number of hydrogen-bond acceptors (Lipinski definition) is 10. The molecule has 2 aromatic carbocycles. The van der Waals surface area contributed by atoms with Crippen LogP contribution in [0.25, 0.3) is 16.5 Å². The number of aliphatic hydroxyl groups excluding tert-OH is 2. The van der Waals surface area contributed by atoms with Gasteiger partial charge in [0.1, 0.15) is 11.6 Å². The summed E-state index contributed by atoms with van der Waals surface area (Å²) in [6, 6.07) is 10.8. The van der Waals surface area contributed by atoms with E-state index in [2.05, 4.69) is 24.1 Å². The number of piperidine rings is 1. The number of phenolic OH excluding ortho intramolecular Hbond substituents is 1. The number of aliphatic hydroxyl groups is 2. The van der Waals surface area contributed by atoms with Gasteiger partial charge in [-0.25, -0.2) is 0 Å². The van der Waals surface area contributed by atoms with Gasteiger partial charge in [-0.15, -0.1) is 0 Å². The van der Waals surface area contributed by atoms with Crippen molar-refractivity contribution in [3.05, 3.63) is 70.7 Å². The number of rotatable bonds is 7. The second-order valence-corrected chi connectivity index (χ2v) is 13.4. The maximum Gasteiger partial charge on any atom is 0.318 e. The Balaban J connectivity index is 0.000000496. The van der Waals surface area contributed by atoms with E-state index in [1.807, 2.05) is 43.9 Å². The molecule has 1 saturated heterocycles. The van der Waals surface area contributed by atoms with E-state index < -0.39 is 12.2 Å². The molecule has 14 heteroatoms. The zero-order chi connectivity index (χ0) is 35.5. The first-order chi connectivity index (χ1) is 23.4. The minimum Gasteiger partial charge on any atom is -0.508 e. The van der Waals surface area contributed by atoms with Crippen LogP contribution in [0.1, 0.15) is 60.3 Å². The first kappa shape index (κ1) is 39.0. The third kappa shape index (κ3) is 8.93. The molecule has 0 radical (unpaired) electrons. The van der Waals surface area contributed by atoms with Crippen LogP contribution in [-0.4, -0.2) is 103 Å². The standard InChI is InChI=1S/C30H37N5O5.C4H6N3.C2H6.W/c1-18-5-4-6-19-9-20(36)11-23(26(18)19)28(39)35-14-24-25(15-35)31-29(40-17-30(7-8-30)16-33(2)3)32-27(24)34-12-21(37)10-22(38)13-34;1-7-4(5)2-3-6-7;1-2;/h4-6,9,11,21-22,36-38H,7-8,10,12-17H2,1-3H3;2-3,5H,1H3;1-2H3;/q;-1;;. The van der Waals surface area contributed by atoms with Gasteiger partial charge >= 0.3 is 6.01 Å². The van der Waals surface area contributed by atoms with Crippen molar-refractivity contribution in [3.63, 3.8) is 0 Å². The first-order valence-electron chi connectivity index (χ1n) is 16.9. The molecular formula is C36H49N8O5W-. The maximum atomic E-state index is 13.9. The molecular weight excluding hydrogens is 808 g/mol. The Hall–Kier alpha value is -3.77. The van der Waals surface area contributed by atoms with Crippen LogP contribution < -0.4 is 9.64 Å². The SMILES string of the molecule is CC.Cc1cccc2cc(O)cc(C(=O)N3Cc4nc(OCC5(CN(C)C)CC5)nc(N5CC(O)CC(O)C5)c4C3)c12.Cn1nccc1[NH-].[W]. The Bertz CT molecular complexity index is 1750. The summed E-state index contributed by atoms with van der Waals surface area (Å²) in [6.45, 7) is 8.59. The van der Waals surface area contributed by atoms with Crippen LogP contribution in [0.4, 0.5) is 11.6 Å². The molecule has 2 atom stereocenters. The molecule has 2 fully saturated rings. The Morgan fingerprint density at radius 3 is 2.36 bits per heavy atom. The summed E-state index contributed by atoms with van der Waals surface area (Å²) < 4.78 is 7.68.